The summed E-state index contributed by atoms with van der Waals surface area (Å²) in [5.41, 5.74) is 0.696. The summed E-state index contributed by atoms with van der Waals surface area (Å²) >= 11 is 9.19. The fraction of sp³-hybridized carbons (Fsp3) is 0.364. The summed E-state index contributed by atoms with van der Waals surface area (Å²) in [7, 11) is 0. The Bertz CT molecular complexity index is 388. The summed E-state index contributed by atoms with van der Waals surface area (Å²) < 4.78 is 0.770. The monoisotopic (exact) mass is 287 g/mol. The molecule has 2 nitrogen and oxygen atoms in total. The lowest BCUT2D eigenvalue weighted by atomic mass is 10.2. The van der Waals surface area contributed by atoms with Crippen LogP contribution in [0.1, 0.15) is 23.2 Å². The number of carbonyl (C=O) groups excluding carboxylic acids is 1. The summed E-state index contributed by atoms with van der Waals surface area (Å²) in [5, 5.41) is 0.639. The van der Waals surface area contributed by atoms with Crippen LogP contribution in [-0.4, -0.2) is 23.9 Å². The number of rotatable bonds is 1. The molecule has 0 bridgehead atoms. The van der Waals surface area contributed by atoms with Crippen LogP contribution in [-0.2, 0) is 0 Å². The van der Waals surface area contributed by atoms with Gasteiger partial charge in [0.1, 0.15) is 0 Å². The molecule has 0 unspecified atom stereocenters. The van der Waals surface area contributed by atoms with Gasteiger partial charge in [-0.15, -0.1) is 0 Å². The Morgan fingerprint density at radius 2 is 2.00 bits per heavy atom. The summed E-state index contributed by atoms with van der Waals surface area (Å²) in [6.45, 7) is 1.74. The number of halogens is 2. The van der Waals surface area contributed by atoms with E-state index in [1.165, 1.54) is 0 Å². The van der Waals surface area contributed by atoms with E-state index in [0.29, 0.717) is 10.6 Å². The normalized spacial score (nSPS) is 15.7. The highest BCUT2D eigenvalue weighted by Gasteiger charge is 2.21. The Morgan fingerprint density at radius 1 is 1.33 bits per heavy atom. The van der Waals surface area contributed by atoms with Gasteiger partial charge >= 0.3 is 0 Å². The molecule has 4 heteroatoms. The van der Waals surface area contributed by atoms with Crippen LogP contribution in [0.15, 0.2) is 22.7 Å². The van der Waals surface area contributed by atoms with Crippen molar-refractivity contribution in [1.82, 2.24) is 4.90 Å². The molecule has 1 aromatic rings. The molecule has 0 aromatic heterocycles. The zero-order valence-corrected chi connectivity index (χ0v) is 10.5. The molecule has 0 N–H and O–H groups in total. The van der Waals surface area contributed by atoms with E-state index in [1.807, 2.05) is 4.90 Å². The van der Waals surface area contributed by atoms with Crippen LogP contribution in [0.5, 0.6) is 0 Å². The van der Waals surface area contributed by atoms with Crippen molar-refractivity contribution < 1.29 is 4.79 Å². The molecule has 1 aliphatic heterocycles. The van der Waals surface area contributed by atoms with Crippen LogP contribution in [0, 0.1) is 0 Å². The lowest BCUT2D eigenvalue weighted by Gasteiger charge is -2.16. The van der Waals surface area contributed by atoms with E-state index in [2.05, 4.69) is 15.9 Å². The zero-order chi connectivity index (χ0) is 10.8. The van der Waals surface area contributed by atoms with Crippen LogP contribution in [0.4, 0.5) is 0 Å². The van der Waals surface area contributed by atoms with Crippen LogP contribution < -0.4 is 0 Å². The first-order chi connectivity index (χ1) is 7.18. The van der Waals surface area contributed by atoms with E-state index in [4.69, 9.17) is 11.6 Å². The summed E-state index contributed by atoms with van der Waals surface area (Å²) in [5.74, 6) is 0.0936. The average molecular weight is 289 g/mol. The molecule has 1 fully saturated rings. The van der Waals surface area contributed by atoms with E-state index in [1.54, 1.807) is 18.2 Å². The van der Waals surface area contributed by atoms with E-state index >= 15 is 0 Å². The molecule has 1 aliphatic rings. The van der Waals surface area contributed by atoms with Gasteiger partial charge in [-0.2, -0.15) is 0 Å². The molecule has 1 amide bonds. The predicted octanol–water partition coefficient (Wildman–Crippen LogP) is 3.34. The van der Waals surface area contributed by atoms with Gasteiger partial charge in [0.15, 0.2) is 0 Å². The topological polar surface area (TPSA) is 20.3 Å². The van der Waals surface area contributed by atoms with Crippen molar-refractivity contribution >= 4 is 33.4 Å². The second-order valence-electron chi connectivity index (χ2n) is 3.62. The molecule has 0 aliphatic carbocycles. The van der Waals surface area contributed by atoms with Crippen molar-refractivity contribution in [2.24, 2.45) is 0 Å². The van der Waals surface area contributed by atoms with Crippen molar-refractivity contribution in [2.45, 2.75) is 12.8 Å². The number of amides is 1. The average Bonchev–Trinajstić information content (AvgIpc) is 2.69. The van der Waals surface area contributed by atoms with Crippen LogP contribution in [0.3, 0.4) is 0 Å². The highest BCUT2D eigenvalue weighted by Crippen LogP contribution is 2.24. The third-order valence-corrected chi connectivity index (χ3v) is 3.45. The lowest BCUT2D eigenvalue weighted by molar-refractivity contribution is 0.0792. The summed E-state index contributed by atoms with van der Waals surface area (Å²) in [6.07, 6.45) is 2.22. The van der Waals surface area contributed by atoms with Crippen molar-refractivity contribution in [2.75, 3.05) is 13.1 Å². The molecule has 15 heavy (non-hydrogen) atoms. The number of hydrogen-bond donors (Lipinski definition) is 0. The molecule has 80 valence electrons. The Hall–Kier alpha value is -0.540. The van der Waals surface area contributed by atoms with E-state index < -0.39 is 0 Å². The van der Waals surface area contributed by atoms with Crippen LogP contribution in [0.25, 0.3) is 0 Å². The highest BCUT2D eigenvalue weighted by atomic mass is 79.9. The van der Waals surface area contributed by atoms with Crippen LogP contribution in [0.2, 0.25) is 5.02 Å². The molecule has 1 heterocycles. The van der Waals surface area contributed by atoms with Gasteiger partial charge in [-0.25, -0.2) is 0 Å². The first kappa shape index (κ1) is 11.0. The molecule has 1 saturated heterocycles. The standard InChI is InChI=1S/C11H11BrClNO/c12-10-7-8(13)3-4-9(10)11(15)14-5-1-2-6-14/h3-4,7H,1-2,5-6H2. The van der Waals surface area contributed by atoms with Gasteiger partial charge in [0.25, 0.3) is 5.91 Å². The minimum atomic E-state index is 0.0936. The third kappa shape index (κ3) is 2.34. The van der Waals surface area contributed by atoms with Crippen molar-refractivity contribution in [3.8, 4) is 0 Å². The molecular formula is C11H11BrClNO. The maximum atomic E-state index is 12.0. The van der Waals surface area contributed by atoms with Crippen molar-refractivity contribution in [3.05, 3.63) is 33.3 Å². The van der Waals surface area contributed by atoms with E-state index in [0.717, 1.165) is 30.4 Å². The Balaban J connectivity index is 2.24. The minimum absolute atomic E-state index is 0.0936. The fourth-order valence-corrected chi connectivity index (χ4v) is 2.61. The quantitative estimate of drug-likeness (QED) is 0.776. The van der Waals surface area contributed by atoms with Crippen LogP contribution >= 0.6 is 27.5 Å². The van der Waals surface area contributed by atoms with Gasteiger partial charge in [-0.3, -0.25) is 4.79 Å². The Morgan fingerprint density at radius 3 is 2.60 bits per heavy atom. The Kier molecular flexibility index (Phi) is 3.32. The van der Waals surface area contributed by atoms with Gasteiger partial charge in [0.05, 0.1) is 5.56 Å². The number of hydrogen-bond acceptors (Lipinski definition) is 1. The first-order valence-corrected chi connectivity index (χ1v) is 6.10. The fourth-order valence-electron chi connectivity index (χ4n) is 1.75. The molecule has 0 radical (unpaired) electrons. The van der Waals surface area contributed by atoms with Gasteiger partial charge in [-0.1, -0.05) is 11.6 Å². The molecule has 1 aromatic carbocycles. The molecule has 0 spiro atoms. The number of carbonyl (C=O) groups is 1. The minimum Gasteiger partial charge on any atom is -0.339 e. The molecule has 0 saturated carbocycles. The maximum Gasteiger partial charge on any atom is 0.254 e. The summed E-state index contributed by atoms with van der Waals surface area (Å²) in [4.78, 5) is 13.9. The lowest BCUT2D eigenvalue weighted by Crippen LogP contribution is -2.27. The predicted molar refractivity (Wildman–Crippen MR) is 64.3 cm³/mol. The first-order valence-electron chi connectivity index (χ1n) is 4.93. The van der Waals surface area contributed by atoms with Gasteiger partial charge in [0.2, 0.25) is 0 Å². The van der Waals surface area contributed by atoms with Crippen molar-refractivity contribution in [1.29, 1.82) is 0 Å². The third-order valence-electron chi connectivity index (χ3n) is 2.55. The number of nitrogens with zero attached hydrogens (tertiary/aromatic N) is 1. The SMILES string of the molecule is O=C(c1ccc(Cl)cc1Br)N1CCCC1. The molecule has 0 atom stereocenters. The molecule has 2 rings (SSSR count). The largest absolute Gasteiger partial charge is 0.339 e. The number of benzene rings is 1. The zero-order valence-electron chi connectivity index (χ0n) is 8.17. The highest BCUT2D eigenvalue weighted by molar-refractivity contribution is 9.10. The number of likely N-dealkylation sites (tertiary alicyclic amines) is 1. The van der Waals surface area contributed by atoms with Gasteiger partial charge < -0.3 is 4.90 Å². The summed E-state index contributed by atoms with van der Waals surface area (Å²) in [6, 6.07) is 5.27. The maximum absolute atomic E-state index is 12.0. The second-order valence-corrected chi connectivity index (χ2v) is 4.91. The second kappa shape index (κ2) is 4.54. The van der Waals surface area contributed by atoms with E-state index in [-0.39, 0.29) is 5.91 Å². The van der Waals surface area contributed by atoms with Gasteiger partial charge in [-0.05, 0) is 47.0 Å². The Labute approximate surface area is 102 Å². The molecular weight excluding hydrogens is 277 g/mol. The smallest absolute Gasteiger partial charge is 0.254 e. The van der Waals surface area contributed by atoms with E-state index in [9.17, 15) is 4.79 Å². The van der Waals surface area contributed by atoms with Crippen molar-refractivity contribution in [3.63, 3.8) is 0 Å². The van der Waals surface area contributed by atoms with Gasteiger partial charge in [0, 0.05) is 22.6 Å².